The van der Waals surface area contributed by atoms with Crippen LogP contribution in [-0.4, -0.2) is 40.8 Å². The third-order valence-corrected chi connectivity index (χ3v) is 4.39. The number of carbonyl (C=O) groups excluding carboxylic acids is 2. The molecule has 0 saturated carbocycles. The van der Waals surface area contributed by atoms with Crippen LogP contribution >= 0.6 is 12.2 Å². The summed E-state index contributed by atoms with van der Waals surface area (Å²) in [6.07, 6.45) is 0.575. The van der Waals surface area contributed by atoms with Gasteiger partial charge in [-0.25, -0.2) is 5.11 Å². The van der Waals surface area contributed by atoms with Crippen molar-refractivity contribution in [1.29, 1.82) is 0 Å². The quantitative estimate of drug-likeness (QED) is 0.659. The van der Waals surface area contributed by atoms with Gasteiger partial charge in [0.2, 0.25) is 5.91 Å². The van der Waals surface area contributed by atoms with Crippen LogP contribution in [-0.2, 0) is 9.90 Å². The maximum absolute atomic E-state index is 12.4. The van der Waals surface area contributed by atoms with Gasteiger partial charge in [-0.15, -0.1) is 0 Å². The summed E-state index contributed by atoms with van der Waals surface area (Å²) in [5, 5.41) is 11.3. The minimum Gasteiger partial charge on any atom is -0.389 e. The van der Waals surface area contributed by atoms with E-state index in [0.29, 0.717) is 37.1 Å². The second-order valence-corrected chi connectivity index (χ2v) is 6.43. The molecule has 1 heterocycles. The van der Waals surface area contributed by atoms with E-state index < -0.39 is 6.10 Å². The topological polar surface area (TPSA) is 83.3 Å². The molecule has 23 heavy (non-hydrogen) atoms. The molecular weight excluding hydrogens is 312 g/mol. The first-order valence-corrected chi connectivity index (χ1v) is 8.17. The predicted molar refractivity (Wildman–Crippen MR) is 90.7 cm³/mol. The number of ketones is 1. The molecule has 1 radical (unpaired) electrons. The second-order valence-electron chi connectivity index (χ2n) is 5.99. The van der Waals surface area contributed by atoms with Crippen molar-refractivity contribution in [2.75, 3.05) is 13.1 Å². The van der Waals surface area contributed by atoms with E-state index >= 15 is 0 Å². The van der Waals surface area contributed by atoms with Crippen molar-refractivity contribution in [2.24, 2.45) is 11.7 Å². The maximum atomic E-state index is 12.4. The molecule has 0 aliphatic carbocycles. The SMILES string of the molecule is CC(CC(=O)c1ccc(C(N)=S)cc1)C(=O)N1CCC([O])CC1. The predicted octanol–water partition coefficient (Wildman–Crippen LogP) is 1.95. The highest BCUT2D eigenvalue weighted by Crippen LogP contribution is 2.17. The smallest absolute Gasteiger partial charge is 0.225 e. The van der Waals surface area contributed by atoms with Crippen LogP contribution in [0.3, 0.4) is 0 Å². The van der Waals surface area contributed by atoms with Gasteiger partial charge in [-0.3, -0.25) is 9.59 Å². The zero-order chi connectivity index (χ0) is 17.0. The summed E-state index contributed by atoms with van der Waals surface area (Å²) in [5.74, 6) is -0.523. The van der Waals surface area contributed by atoms with E-state index in [2.05, 4.69) is 0 Å². The first kappa shape index (κ1) is 17.6. The average molecular weight is 333 g/mol. The molecule has 123 valence electrons. The highest BCUT2D eigenvalue weighted by atomic mass is 32.1. The summed E-state index contributed by atoms with van der Waals surface area (Å²) in [5.41, 5.74) is 6.78. The number of hydrogen-bond acceptors (Lipinski definition) is 3. The number of nitrogens with two attached hydrogens (primary N) is 1. The molecule has 1 atom stereocenters. The van der Waals surface area contributed by atoms with Crippen molar-refractivity contribution < 1.29 is 14.7 Å². The van der Waals surface area contributed by atoms with Gasteiger partial charge in [-0.1, -0.05) is 43.4 Å². The first-order valence-electron chi connectivity index (χ1n) is 7.76. The second kappa shape index (κ2) is 7.66. The van der Waals surface area contributed by atoms with Gasteiger partial charge in [0.15, 0.2) is 5.78 Å². The molecule has 1 aliphatic heterocycles. The van der Waals surface area contributed by atoms with Crippen LogP contribution in [0.15, 0.2) is 24.3 Å². The zero-order valence-electron chi connectivity index (χ0n) is 13.2. The van der Waals surface area contributed by atoms with E-state index in [4.69, 9.17) is 18.0 Å². The van der Waals surface area contributed by atoms with Crippen LogP contribution in [0.1, 0.15) is 42.1 Å². The molecule has 1 aliphatic rings. The van der Waals surface area contributed by atoms with Crippen molar-refractivity contribution >= 4 is 28.9 Å². The lowest BCUT2D eigenvalue weighted by Crippen LogP contribution is -2.42. The Morgan fingerprint density at radius 3 is 2.26 bits per heavy atom. The minimum absolute atomic E-state index is 0.0509. The summed E-state index contributed by atoms with van der Waals surface area (Å²) in [7, 11) is 0. The van der Waals surface area contributed by atoms with E-state index in [-0.39, 0.29) is 29.0 Å². The Kier molecular flexibility index (Phi) is 5.85. The molecular formula is C17H21N2O3S. The normalized spacial score (nSPS) is 16.9. The highest BCUT2D eigenvalue weighted by molar-refractivity contribution is 7.80. The molecule has 1 aromatic carbocycles. The van der Waals surface area contributed by atoms with Crippen LogP contribution < -0.4 is 5.73 Å². The molecule has 2 rings (SSSR count). The number of hydrogen-bond donors (Lipinski definition) is 1. The Bertz CT molecular complexity index is 592. The van der Waals surface area contributed by atoms with Gasteiger partial charge in [-0.05, 0) is 12.8 Å². The van der Waals surface area contributed by atoms with Gasteiger partial charge in [0, 0.05) is 36.6 Å². The van der Waals surface area contributed by atoms with Crippen molar-refractivity contribution in [3.05, 3.63) is 35.4 Å². The number of amides is 1. The lowest BCUT2D eigenvalue weighted by atomic mass is 9.96. The molecule has 6 heteroatoms. The largest absolute Gasteiger partial charge is 0.389 e. The number of Topliss-reactive ketones (excluding diaryl/α,β-unsaturated/α-hetero) is 1. The fourth-order valence-corrected chi connectivity index (χ4v) is 2.83. The van der Waals surface area contributed by atoms with Crippen LogP contribution in [0.4, 0.5) is 0 Å². The number of piperidine rings is 1. The van der Waals surface area contributed by atoms with E-state index in [9.17, 15) is 14.7 Å². The van der Waals surface area contributed by atoms with E-state index in [1.807, 2.05) is 0 Å². The van der Waals surface area contributed by atoms with E-state index in [1.54, 1.807) is 36.1 Å². The van der Waals surface area contributed by atoms with Crippen LogP contribution in [0.2, 0.25) is 0 Å². The average Bonchev–Trinajstić information content (AvgIpc) is 2.54. The molecule has 1 unspecified atom stereocenters. The molecule has 0 aromatic heterocycles. The zero-order valence-corrected chi connectivity index (χ0v) is 14.0. The monoisotopic (exact) mass is 333 g/mol. The maximum Gasteiger partial charge on any atom is 0.225 e. The molecule has 5 nitrogen and oxygen atoms in total. The van der Waals surface area contributed by atoms with E-state index in [0.717, 1.165) is 0 Å². The van der Waals surface area contributed by atoms with Gasteiger partial charge in [0.1, 0.15) is 4.99 Å². The van der Waals surface area contributed by atoms with Gasteiger partial charge < -0.3 is 10.6 Å². The van der Waals surface area contributed by atoms with Crippen LogP contribution in [0, 0.1) is 5.92 Å². The Hall–Kier alpha value is -1.79. The summed E-state index contributed by atoms with van der Waals surface area (Å²) in [6, 6.07) is 6.77. The number of benzene rings is 1. The van der Waals surface area contributed by atoms with Gasteiger partial charge in [0.25, 0.3) is 0 Å². The third kappa shape index (κ3) is 4.59. The fraction of sp³-hybridized carbons (Fsp3) is 0.471. The molecule has 0 spiro atoms. The summed E-state index contributed by atoms with van der Waals surface area (Å²) >= 11 is 4.88. The van der Waals surface area contributed by atoms with Crippen LogP contribution in [0.5, 0.6) is 0 Å². The van der Waals surface area contributed by atoms with Crippen molar-refractivity contribution in [1.82, 2.24) is 4.90 Å². The number of nitrogens with zero attached hydrogens (tertiary/aromatic N) is 1. The summed E-state index contributed by atoms with van der Waals surface area (Å²) in [4.78, 5) is 26.6. The highest BCUT2D eigenvalue weighted by Gasteiger charge is 2.27. The number of carbonyl (C=O) groups is 2. The van der Waals surface area contributed by atoms with Gasteiger partial charge in [-0.2, -0.15) is 0 Å². The number of thiocarbonyl (C=S) groups is 1. The van der Waals surface area contributed by atoms with Gasteiger partial charge >= 0.3 is 0 Å². The lowest BCUT2D eigenvalue weighted by Gasteiger charge is -2.30. The van der Waals surface area contributed by atoms with Crippen molar-refractivity contribution in [3.63, 3.8) is 0 Å². The fourth-order valence-electron chi connectivity index (χ4n) is 2.69. The van der Waals surface area contributed by atoms with Crippen molar-refractivity contribution in [2.45, 2.75) is 32.3 Å². The molecule has 1 fully saturated rings. The molecule has 1 aromatic rings. The minimum atomic E-state index is -0.567. The van der Waals surface area contributed by atoms with Gasteiger partial charge in [0.05, 0.1) is 6.10 Å². The standard InChI is InChI=1S/C17H21N2O3S/c1-11(17(22)19-8-6-14(20)7-9-19)10-15(21)12-2-4-13(5-3-12)16(18)23/h2-5,11,14H,6-10H2,1H3,(H2,18,23). The Balaban J connectivity index is 1.93. The number of likely N-dealkylation sites (tertiary alicyclic amines) is 1. The Labute approximate surface area is 141 Å². The van der Waals surface area contributed by atoms with E-state index in [1.165, 1.54) is 0 Å². The Morgan fingerprint density at radius 1 is 1.22 bits per heavy atom. The lowest BCUT2D eigenvalue weighted by molar-refractivity contribution is -0.137. The molecule has 1 amide bonds. The molecule has 0 bridgehead atoms. The van der Waals surface area contributed by atoms with Crippen molar-refractivity contribution in [3.8, 4) is 0 Å². The van der Waals surface area contributed by atoms with Crippen LogP contribution in [0.25, 0.3) is 0 Å². The molecule has 2 N–H and O–H groups in total. The Morgan fingerprint density at radius 2 is 1.74 bits per heavy atom. The number of rotatable bonds is 5. The summed E-state index contributed by atoms with van der Waals surface area (Å²) in [6.45, 7) is 2.75. The molecule has 1 saturated heterocycles. The first-order chi connectivity index (χ1) is 10.9. The summed E-state index contributed by atoms with van der Waals surface area (Å²) < 4.78 is 0. The third-order valence-electron chi connectivity index (χ3n) is 4.16.